The zero-order chi connectivity index (χ0) is 14.3. The topological polar surface area (TPSA) is 60.9 Å². The monoisotopic (exact) mass is 285 g/mol. The van der Waals surface area contributed by atoms with Gasteiger partial charge in [0.2, 0.25) is 0 Å². The second kappa shape index (κ2) is 4.65. The van der Waals surface area contributed by atoms with Crippen LogP contribution in [0.4, 0.5) is 0 Å². The van der Waals surface area contributed by atoms with E-state index in [1.807, 2.05) is 41.8 Å². The third kappa shape index (κ3) is 1.94. The van der Waals surface area contributed by atoms with Gasteiger partial charge in [0.25, 0.3) is 5.91 Å². The lowest BCUT2D eigenvalue weighted by atomic mass is 10.1. The van der Waals surface area contributed by atoms with E-state index in [2.05, 4.69) is 4.98 Å². The van der Waals surface area contributed by atoms with Gasteiger partial charge in [-0.1, -0.05) is 17.7 Å². The Bertz CT molecular complexity index is 806. The number of nitrogens with two attached hydrogens (primary N) is 1. The van der Waals surface area contributed by atoms with Crippen molar-refractivity contribution in [3.05, 3.63) is 58.9 Å². The van der Waals surface area contributed by atoms with Crippen LogP contribution in [0.15, 0.2) is 42.5 Å². The molecule has 0 spiro atoms. The summed E-state index contributed by atoms with van der Waals surface area (Å²) in [6.07, 6.45) is 0. The molecule has 1 aromatic heterocycles. The molecule has 0 radical (unpaired) electrons. The van der Waals surface area contributed by atoms with Crippen molar-refractivity contribution in [2.24, 2.45) is 5.73 Å². The fraction of sp³-hybridized carbons (Fsp3) is 0.0667. The Hall–Kier alpha value is -2.33. The highest BCUT2D eigenvalue weighted by Gasteiger charge is 2.14. The number of nitrogens with zero attached hydrogens (tertiary/aromatic N) is 2. The number of aromatic nitrogens is 2. The molecule has 0 saturated heterocycles. The van der Waals surface area contributed by atoms with Crippen molar-refractivity contribution < 1.29 is 4.79 Å². The largest absolute Gasteiger partial charge is 0.366 e. The van der Waals surface area contributed by atoms with E-state index in [0.717, 1.165) is 17.0 Å². The first kappa shape index (κ1) is 12.7. The van der Waals surface area contributed by atoms with Crippen molar-refractivity contribution in [3.8, 4) is 5.69 Å². The van der Waals surface area contributed by atoms with E-state index in [9.17, 15) is 4.79 Å². The lowest BCUT2D eigenvalue weighted by molar-refractivity contribution is 0.100. The van der Waals surface area contributed by atoms with Crippen LogP contribution < -0.4 is 5.73 Å². The fourth-order valence-electron chi connectivity index (χ4n) is 2.33. The van der Waals surface area contributed by atoms with Gasteiger partial charge < -0.3 is 5.73 Å². The van der Waals surface area contributed by atoms with Crippen LogP contribution >= 0.6 is 11.6 Å². The highest BCUT2D eigenvalue weighted by atomic mass is 35.5. The van der Waals surface area contributed by atoms with Gasteiger partial charge in [-0.25, -0.2) is 4.98 Å². The minimum Gasteiger partial charge on any atom is -0.366 e. The number of hydrogen-bond acceptors (Lipinski definition) is 2. The van der Waals surface area contributed by atoms with Gasteiger partial charge in [-0.05, 0) is 43.3 Å². The van der Waals surface area contributed by atoms with Crippen molar-refractivity contribution in [3.63, 3.8) is 0 Å². The molecule has 0 saturated carbocycles. The molecule has 20 heavy (non-hydrogen) atoms. The molecule has 0 atom stereocenters. The number of rotatable bonds is 2. The second-order valence-corrected chi connectivity index (χ2v) is 4.94. The van der Waals surface area contributed by atoms with E-state index in [1.54, 1.807) is 12.1 Å². The average Bonchev–Trinajstić information content (AvgIpc) is 2.75. The number of fused-ring (bicyclic) bond motifs is 1. The Morgan fingerprint density at radius 1 is 1.20 bits per heavy atom. The smallest absolute Gasteiger partial charge is 0.250 e. The predicted octanol–water partition coefficient (Wildman–Crippen LogP) is 3.09. The van der Waals surface area contributed by atoms with E-state index >= 15 is 0 Å². The number of halogens is 1. The van der Waals surface area contributed by atoms with Gasteiger partial charge >= 0.3 is 0 Å². The molecular weight excluding hydrogens is 274 g/mol. The molecular formula is C15H12ClN3O. The quantitative estimate of drug-likeness (QED) is 0.786. The Kier molecular flexibility index (Phi) is 2.95. The van der Waals surface area contributed by atoms with Gasteiger partial charge in [0.1, 0.15) is 11.3 Å². The average molecular weight is 286 g/mol. The number of para-hydroxylation sites is 1. The number of primary amides is 1. The summed E-state index contributed by atoms with van der Waals surface area (Å²) in [7, 11) is 0. The highest BCUT2D eigenvalue weighted by molar-refractivity contribution is 6.30. The first-order valence-corrected chi connectivity index (χ1v) is 6.49. The summed E-state index contributed by atoms with van der Waals surface area (Å²) in [6.45, 7) is 1.89. The first-order valence-electron chi connectivity index (χ1n) is 6.12. The van der Waals surface area contributed by atoms with Crippen LogP contribution in [0.3, 0.4) is 0 Å². The summed E-state index contributed by atoms with van der Waals surface area (Å²) < 4.78 is 1.97. The Morgan fingerprint density at radius 2 is 1.90 bits per heavy atom. The summed E-state index contributed by atoms with van der Waals surface area (Å²) in [5.41, 5.74) is 8.23. The molecule has 0 unspecified atom stereocenters. The van der Waals surface area contributed by atoms with E-state index in [0.29, 0.717) is 16.1 Å². The van der Waals surface area contributed by atoms with Gasteiger partial charge in [0, 0.05) is 10.7 Å². The van der Waals surface area contributed by atoms with Crippen molar-refractivity contribution in [1.29, 1.82) is 0 Å². The van der Waals surface area contributed by atoms with Crippen LogP contribution in [0.1, 0.15) is 16.2 Å². The van der Waals surface area contributed by atoms with Gasteiger partial charge in [0.05, 0.1) is 11.1 Å². The molecule has 3 rings (SSSR count). The molecule has 2 N–H and O–H groups in total. The van der Waals surface area contributed by atoms with Crippen LogP contribution in [0.25, 0.3) is 16.7 Å². The maximum atomic E-state index is 11.5. The third-order valence-electron chi connectivity index (χ3n) is 3.20. The number of carbonyl (C=O) groups excluding carboxylic acids is 1. The maximum absolute atomic E-state index is 11.5. The zero-order valence-corrected chi connectivity index (χ0v) is 11.6. The van der Waals surface area contributed by atoms with Crippen LogP contribution in [0.2, 0.25) is 5.02 Å². The predicted molar refractivity (Wildman–Crippen MR) is 79.3 cm³/mol. The lowest BCUT2D eigenvalue weighted by Gasteiger charge is -2.07. The summed E-state index contributed by atoms with van der Waals surface area (Å²) in [5, 5.41) is 0.675. The van der Waals surface area contributed by atoms with Crippen molar-refractivity contribution in [2.75, 3.05) is 0 Å². The Labute approximate surface area is 120 Å². The number of hydrogen-bond donors (Lipinski definition) is 1. The van der Waals surface area contributed by atoms with Gasteiger partial charge in [-0.3, -0.25) is 9.36 Å². The summed E-state index contributed by atoms with van der Waals surface area (Å²) in [4.78, 5) is 15.9. The first-order chi connectivity index (χ1) is 9.58. The summed E-state index contributed by atoms with van der Waals surface area (Å²) >= 11 is 5.91. The van der Waals surface area contributed by atoms with E-state index < -0.39 is 5.91 Å². The second-order valence-electron chi connectivity index (χ2n) is 4.51. The molecule has 0 aliphatic heterocycles. The van der Waals surface area contributed by atoms with E-state index in [4.69, 9.17) is 17.3 Å². The highest BCUT2D eigenvalue weighted by Crippen LogP contribution is 2.24. The molecule has 1 heterocycles. The van der Waals surface area contributed by atoms with E-state index in [1.165, 1.54) is 0 Å². The SMILES string of the molecule is Cc1nc2c(C(N)=O)cccc2n1-c1ccc(Cl)cc1. The molecule has 5 heteroatoms. The number of amides is 1. The van der Waals surface area contributed by atoms with Crippen LogP contribution in [0, 0.1) is 6.92 Å². The molecule has 1 amide bonds. The Balaban J connectivity index is 2.31. The lowest BCUT2D eigenvalue weighted by Crippen LogP contribution is -2.11. The fourth-order valence-corrected chi connectivity index (χ4v) is 2.46. The molecule has 4 nitrogen and oxygen atoms in total. The van der Waals surface area contributed by atoms with Crippen LogP contribution in [0.5, 0.6) is 0 Å². The molecule has 0 bridgehead atoms. The molecule has 3 aromatic rings. The molecule has 2 aromatic carbocycles. The normalized spacial score (nSPS) is 10.9. The standard InChI is InChI=1S/C15H12ClN3O/c1-9-18-14-12(15(17)20)3-2-4-13(14)19(9)11-7-5-10(16)6-8-11/h2-8H,1H3,(H2,17,20). The van der Waals surface area contributed by atoms with Gasteiger partial charge in [-0.2, -0.15) is 0 Å². The van der Waals surface area contributed by atoms with Gasteiger partial charge in [0.15, 0.2) is 0 Å². The van der Waals surface area contributed by atoms with Crippen LogP contribution in [-0.4, -0.2) is 15.5 Å². The zero-order valence-electron chi connectivity index (χ0n) is 10.8. The van der Waals surface area contributed by atoms with Crippen molar-refractivity contribution in [1.82, 2.24) is 9.55 Å². The summed E-state index contributed by atoms with van der Waals surface area (Å²) in [6, 6.07) is 12.9. The van der Waals surface area contributed by atoms with Crippen molar-refractivity contribution in [2.45, 2.75) is 6.92 Å². The van der Waals surface area contributed by atoms with Gasteiger partial charge in [-0.15, -0.1) is 0 Å². The molecule has 0 aliphatic rings. The number of imidazole rings is 1. The minimum atomic E-state index is -0.476. The maximum Gasteiger partial charge on any atom is 0.250 e. The minimum absolute atomic E-state index is 0.429. The van der Waals surface area contributed by atoms with E-state index in [-0.39, 0.29) is 0 Å². The van der Waals surface area contributed by atoms with Crippen LogP contribution in [-0.2, 0) is 0 Å². The molecule has 0 aliphatic carbocycles. The number of carbonyl (C=O) groups is 1. The van der Waals surface area contributed by atoms with Crippen molar-refractivity contribution >= 4 is 28.5 Å². The molecule has 100 valence electrons. The molecule has 0 fully saturated rings. The number of aryl methyl sites for hydroxylation is 1. The summed E-state index contributed by atoms with van der Waals surface area (Å²) in [5.74, 6) is 0.312. The Morgan fingerprint density at radius 3 is 2.55 bits per heavy atom. The third-order valence-corrected chi connectivity index (χ3v) is 3.46. The number of benzene rings is 2.